The molecule has 42 heavy (non-hydrogen) atoms. The van der Waals surface area contributed by atoms with Gasteiger partial charge in [-0.15, -0.1) is 0 Å². The molecule has 1 aromatic carbocycles. The molecule has 234 valence electrons. The van der Waals surface area contributed by atoms with Gasteiger partial charge in [0, 0.05) is 63.9 Å². The van der Waals surface area contributed by atoms with E-state index in [4.69, 9.17) is 18.9 Å². The van der Waals surface area contributed by atoms with Crippen LogP contribution in [-0.2, 0) is 30.2 Å². The maximum absolute atomic E-state index is 15.8. The Morgan fingerprint density at radius 1 is 1.19 bits per heavy atom. The zero-order valence-electron chi connectivity index (χ0n) is 25.7. The van der Waals surface area contributed by atoms with E-state index in [0.717, 1.165) is 0 Å². The molecule has 1 aromatic rings. The molecule has 2 saturated heterocycles. The number of nitrogens with zero attached hydrogens (tertiary/aromatic N) is 2. The van der Waals surface area contributed by atoms with Gasteiger partial charge < -0.3 is 34.1 Å². The van der Waals surface area contributed by atoms with E-state index in [2.05, 4.69) is 5.32 Å². The molecular weight excluding hydrogens is 545 g/mol. The highest BCUT2D eigenvalue weighted by Crippen LogP contribution is 2.49. The third-order valence-corrected chi connectivity index (χ3v) is 8.48. The maximum atomic E-state index is 15.8. The predicted molar refractivity (Wildman–Crippen MR) is 155 cm³/mol. The van der Waals surface area contributed by atoms with Crippen LogP contribution < -0.4 is 15.0 Å². The van der Waals surface area contributed by atoms with Crippen LogP contribution in [0.2, 0.25) is 0 Å². The molecule has 2 bridgehead atoms. The van der Waals surface area contributed by atoms with E-state index in [-0.39, 0.29) is 55.0 Å². The quantitative estimate of drug-likeness (QED) is 0.367. The van der Waals surface area contributed by atoms with Crippen LogP contribution >= 0.6 is 0 Å². The molecule has 11 heteroatoms. The van der Waals surface area contributed by atoms with Crippen molar-refractivity contribution in [3.63, 3.8) is 0 Å². The number of ether oxygens (including phenoxy) is 4. The van der Waals surface area contributed by atoms with Gasteiger partial charge in [-0.25, -0.2) is 9.18 Å². The molecule has 5 atom stereocenters. The molecule has 2 aliphatic heterocycles. The number of carbonyl (C=O) groups is 3. The number of rotatable bonds is 12. The highest BCUT2D eigenvalue weighted by atomic mass is 19.1. The summed E-state index contributed by atoms with van der Waals surface area (Å²) in [6.07, 6.45) is 1.50. The summed E-state index contributed by atoms with van der Waals surface area (Å²) in [6.45, 7) is 11.3. The molecule has 2 unspecified atom stereocenters. The number of fused-ring (bicyclic) bond motifs is 3. The molecule has 3 aliphatic rings. The average Bonchev–Trinajstić information content (AvgIpc) is 3.76. The van der Waals surface area contributed by atoms with E-state index in [1.54, 1.807) is 18.1 Å². The van der Waals surface area contributed by atoms with Crippen molar-refractivity contribution in [2.45, 2.75) is 78.0 Å². The fraction of sp³-hybridized carbons (Fsp3) is 0.710. The number of cyclic esters (lactones) is 1. The number of piperidine rings is 1. The van der Waals surface area contributed by atoms with Crippen LogP contribution in [0.1, 0.15) is 59.4 Å². The second kappa shape index (κ2) is 13.6. The monoisotopic (exact) mass is 591 g/mol. The van der Waals surface area contributed by atoms with Crippen LogP contribution in [0.4, 0.5) is 14.9 Å². The number of amides is 3. The summed E-state index contributed by atoms with van der Waals surface area (Å²) in [5.41, 5.74) is -0.0312. The molecule has 4 rings (SSSR count). The SMILES string of the molecule is CCOC[C@@H](C)NC(=O)[C@H]1C[C@@H]2CN(C1)C(=O)OC(C)(C)C1CC1N(c1cc(OCCCOC)c(CC)cc1F)C2=O. The third kappa shape index (κ3) is 7.16. The Hall–Kier alpha value is -2.92. The molecule has 3 amide bonds. The first-order chi connectivity index (χ1) is 20.0. The minimum Gasteiger partial charge on any atom is -0.493 e. The van der Waals surface area contributed by atoms with E-state index in [1.165, 1.54) is 11.0 Å². The summed E-state index contributed by atoms with van der Waals surface area (Å²) in [7, 11) is 1.62. The van der Waals surface area contributed by atoms with Crippen LogP contribution in [0, 0.1) is 23.6 Å². The van der Waals surface area contributed by atoms with Crippen molar-refractivity contribution in [1.29, 1.82) is 0 Å². The molecule has 10 nitrogen and oxygen atoms in total. The van der Waals surface area contributed by atoms with Crippen molar-refractivity contribution >= 4 is 23.6 Å². The van der Waals surface area contributed by atoms with Crippen LogP contribution in [0.5, 0.6) is 5.75 Å². The Morgan fingerprint density at radius 2 is 1.95 bits per heavy atom. The van der Waals surface area contributed by atoms with Gasteiger partial charge in [-0.3, -0.25) is 9.59 Å². The maximum Gasteiger partial charge on any atom is 0.410 e. The zero-order chi connectivity index (χ0) is 30.6. The van der Waals surface area contributed by atoms with Gasteiger partial charge in [-0.05, 0) is 58.6 Å². The molecule has 2 heterocycles. The summed E-state index contributed by atoms with van der Waals surface area (Å²) < 4.78 is 38.3. The van der Waals surface area contributed by atoms with Crippen LogP contribution in [0.25, 0.3) is 0 Å². The standard InChI is InChI=1S/C31H46FN3O7/c1-7-20-13-24(32)26(15-27(20)41-11-9-10-39-6)35-25-14-23(25)31(4,5)42-30(38)34-16-21(12-22(17-34)29(35)37)28(36)33-19(3)18-40-8-2/h13,15,19,21-23,25H,7-12,14,16-18H2,1-6H3,(H,33,36)/t19-,21+,22-,23?,25?/m1/s1. The van der Waals surface area contributed by atoms with Crippen molar-refractivity contribution in [2.24, 2.45) is 17.8 Å². The highest BCUT2D eigenvalue weighted by molar-refractivity contribution is 5.98. The predicted octanol–water partition coefficient (Wildman–Crippen LogP) is 3.93. The van der Waals surface area contributed by atoms with E-state index in [9.17, 15) is 14.4 Å². The first-order valence-corrected chi connectivity index (χ1v) is 15.1. The van der Waals surface area contributed by atoms with Crippen LogP contribution in [0.3, 0.4) is 0 Å². The smallest absolute Gasteiger partial charge is 0.410 e. The normalized spacial score (nSPS) is 25.8. The summed E-state index contributed by atoms with van der Waals surface area (Å²) in [6, 6.07) is 2.48. The number of carbonyl (C=O) groups excluding carboxylic acids is 3. The zero-order valence-corrected chi connectivity index (χ0v) is 25.7. The molecule has 1 saturated carbocycles. The lowest BCUT2D eigenvalue weighted by molar-refractivity contribution is -0.131. The van der Waals surface area contributed by atoms with Crippen LogP contribution in [0.15, 0.2) is 12.1 Å². The summed E-state index contributed by atoms with van der Waals surface area (Å²) >= 11 is 0. The van der Waals surface area contributed by atoms with Gasteiger partial charge in [0.05, 0.1) is 30.7 Å². The molecular formula is C31H46FN3O7. The molecule has 0 spiro atoms. The number of benzene rings is 1. The minimum absolute atomic E-state index is 0.0922. The topological polar surface area (TPSA) is 107 Å². The van der Waals surface area contributed by atoms with Gasteiger partial charge in [0.15, 0.2) is 0 Å². The number of nitrogens with one attached hydrogen (secondary N) is 1. The van der Waals surface area contributed by atoms with E-state index < -0.39 is 29.3 Å². The molecule has 3 fully saturated rings. The number of hydrogen-bond donors (Lipinski definition) is 1. The Balaban J connectivity index is 1.67. The number of anilines is 1. The average molecular weight is 592 g/mol. The number of methoxy groups -OCH3 is 1. The Morgan fingerprint density at radius 3 is 2.64 bits per heavy atom. The lowest BCUT2D eigenvalue weighted by atomic mass is 9.87. The molecule has 0 radical (unpaired) electrons. The second-order valence-corrected chi connectivity index (χ2v) is 12.2. The van der Waals surface area contributed by atoms with Gasteiger partial charge >= 0.3 is 6.09 Å². The number of hydrogen-bond acceptors (Lipinski definition) is 7. The van der Waals surface area contributed by atoms with Gasteiger partial charge in [-0.2, -0.15) is 0 Å². The van der Waals surface area contributed by atoms with Crippen molar-refractivity contribution in [2.75, 3.05) is 51.5 Å². The Bertz CT molecular complexity index is 1150. The summed E-state index contributed by atoms with van der Waals surface area (Å²) in [4.78, 5) is 43.9. The number of aryl methyl sites for hydroxylation is 1. The van der Waals surface area contributed by atoms with Crippen molar-refractivity contribution in [3.8, 4) is 5.75 Å². The van der Waals surface area contributed by atoms with E-state index in [0.29, 0.717) is 57.0 Å². The Kier molecular flexibility index (Phi) is 10.4. The van der Waals surface area contributed by atoms with Crippen molar-refractivity contribution in [1.82, 2.24) is 10.2 Å². The van der Waals surface area contributed by atoms with Gasteiger partial charge in [0.2, 0.25) is 11.8 Å². The van der Waals surface area contributed by atoms with Crippen molar-refractivity contribution in [3.05, 3.63) is 23.5 Å². The summed E-state index contributed by atoms with van der Waals surface area (Å²) in [5.74, 6) is -2.03. The van der Waals surface area contributed by atoms with Gasteiger partial charge in [0.1, 0.15) is 17.2 Å². The highest BCUT2D eigenvalue weighted by Gasteiger charge is 2.57. The fourth-order valence-electron chi connectivity index (χ4n) is 6.12. The Labute approximate surface area is 248 Å². The fourth-order valence-corrected chi connectivity index (χ4v) is 6.12. The molecule has 1 aliphatic carbocycles. The minimum atomic E-state index is -0.895. The van der Waals surface area contributed by atoms with Gasteiger partial charge in [0.25, 0.3) is 0 Å². The first kappa shape index (κ1) is 32.0. The van der Waals surface area contributed by atoms with Crippen LogP contribution in [-0.4, -0.2) is 87.1 Å². The first-order valence-electron chi connectivity index (χ1n) is 15.1. The largest absolute Gasteiger partial charge is 0.493 e. The lowest BCUT2D eigenvalue weighted by Crippen LogP contribution is -2.56. The lowest BCUT2D eigenvalue weighted by Gasteiger charge is -2.41. The van der Waals surface area contributed by atoms with E-state index in [1.807, 2.05) is 34.6 Å². The van der Waals surface area contributed by atoms with Gasteiger partial charge in [-0.1, -0.05) is 6.92 Å². The molecule has 1 N–H and O–H groups in total. The third-order valence-electron chi connectivity index (χ3n) is 8.48. The van der Waals surface area contributed by atoms with E-state index >= 15 is 4.39 Å². The molecule has 0 aromatic heterocycles. The summed E-state index contributed by atoms with van der Waals surface area (Å²) in [5, 5.41) is 2.95. The van der Waals surface area contributed by atoms with Crippen molar-refractivity contribution < 1.29 is 37.7 Å². The number of halogens is 1. The second-order valence-electron chi connectivity index (χ2n) is 12.2.